The quantitative estimate of drug-likeness (QED) is 0.511. The largest absolute Gasteiger partial charge is 0.497 e. The minimum atomic E-state index is -4.00. The van der Waals surface area contributed by atoms with E-state index in [1.807, 2.05) is 0 Å². The van der Waals surface area contributed by atoms with E-state index < -0.39 is 10.1 Å². The second kappa shape index (κ2) is 10.8. The van der Waals surface area contributed by atoms with Crippen molar-refractivity contribution in [1.29, 1.82) is 0 Å². The van der Waals surface area contributed by atoms with Crippen molar-refractivity contribution in [2.24, 2.45) is 0 Å². The number of benzene rings is 2. The fraction of sp³-hybridized carbons (Fsp3) is 0.350. The topological polar surface area (TPSA) is 91.4 Å². The Bertz CT molecular complexity index is 897. The molecule has 158 valence electrons. The van der Waals surface area contributed by atoms with Crippen LogP contribution in [0.25, 0.3) is 0 Å². The van der Waals surface area contributed by atoms with E-state index in [-0.39, 0.29) is 29.7 Å². The van der Waals surface area contributed by atoms with Gasteiger partial charge in [0.2, 0.25) is 5.91 Å². The van der Waals surface area contributed by atoms with Gasteiger partial charge >= 0.3 is 10.1 Å². The van der Waals surface area contributed by atoms with Crippen LogP contribution in [0.5, 0.6) is 11.5 Å². The van der Waals surface area contributed by atoms with Gasteiger partial charge in [-0.1, -0.05) is 12.1 Å². The monoisotopic (exact) mass is 423 g/mol. The molecule has 2 aromatic carbocycles. The molecule has 2 aromatic rings. The molecule has 0 saturated carbocycles. The number of rotatable bonds is 11. The van der Waals surface area contributed by atoms with Crippen molar-refractivity contribution >= 4 is 16.0 Å². The van der Waals surface area contributed by atoms with Gasteiger partial charge in [0, 0.05) is 27.3 Å². The highest BCUT2D eigenvalue weighted by molar-refractivity contribution is 7.87. The first-order valence-electron chi connectivity index (χ1n) is 8.82. The first-order valence-corrected chi connectivity index (χ1v) is 10.2. The average molecular weight is 423 g/mol. The van der Waals surface area contributed by atoms with Crippen molar-refractivity contribution in [3.63, 3.8) is 0 Å². The van der Waals surface area contributed by atoms with Gasteiger partial charge in [-0.3, -0.25) is 4.79 Å². The summed E-state index contributed by atoms with van der Waals surface area (Å²) < 4.78 is 45.3. The lowest BCUT2D eigenvalue weighted by molar-refractivity contribution is -0.136. The summed E-state index contributed by atoms with van der Waals surface area (Å²) in [6.45, 7) is 0.975. The van der Waals surface area contributed by atoms with E-state index >= 15 is 0 Å². The Balaban J connectivity index is 2.15. The molecule has 0 unspecified atom stereocenters. The van der Waals surface area contributed by atoms with Gasteiger partial charge in [0.05, 0.1) is 13.7 Å². The third-order valence-electron chi connectivity index (χ3n) is 4.01. The first kappa shape index (κ1) is 22.7. The average Bonchev–Trinajstić information content (AvgIpc) is 2.71. The van der Waals surface area contributed by atoms with Gasteiger partial charge in [0.25, 0.3) is 0 Å². The molecule has 0 spiro atoms. The minimum absolute atomic E-state index is 0.0145. The molecular formula is C20H25NO7S. The summed E-state index contributed by atoms with van der Waals surface area (Å²) in [7, 11) is 0.502. The molecule has 9 heteroatoms. The number of methoxy groups -OCH3 is 3. The Hall–Kier alpha value is -2.62. The van der Waals surface area contributed by atoms with Crippen LogP contribution in [0.2, 0.25) is 0 Å². The summed E-state index contributed by atoms with van der Waals surface area (Å²) in [5, 5.41) is 0. The lowest BCUT2D eigenvalue weighted by Crippen LogP contribution is -2.35. The molecule has 1 amide bonds. The van der Waals surface area contributed by atoms with Gasteiger partial charge in [0.15, 0.2) is 0 Å². The molecule has 0 saturated heterocycles. The molecule has 0 aliphatic carbocycles. The third-order valence-corrected chi connectivity index (χ3v) is 5.27. The number of hydrogen-bond donors (Lipinski definition) is 0. The summed E-state index contributed by atoms with van der Waals surface area (Å²) in [5.74, 6) is 0.508. The van der Waals surface area contributed by atoms with E-state index in [2.05, 4.69) is 0 Å². The third kappa shape index (κ3) is 6.74. The molecular weight excluding hydrogens is 398 g/mol. The normalized spacial score (nSPS) is 11.1. The van der Waals surface area contributed by atoms with E-state index in [0.717, 1.165) is 0 Å². The number of hydrogen-bond acceptors (Lipinski definition) is 7. The van der Waals surface area contributed by atoms with Gasteiger partial charge < -0.3 is 23.3 Å². The molecule has 2 rings (SSSR count). The van der Waals surface area contributed by atoms with Crippen molar-refractivity contribution in [1.82, 2.24) is 4.90 Å². The SMILES string of the molecule is COCCN(Cc1cccc(OS(=O)(=O)c2ccc(OC)cc2)c1)C(=O)COC. The Morgan fingerprint density at radius 2 is 1.69 bits per heavy atom. The molecule has 0 heterocycles. The van der Waals surface area contributed by atoms with Crippen molar-refractivity contribution in [2.75, 3.05) is 41.1 Å². The van der Waals surface area contributed by atoms with E-state index in [4.69, 9.17) is 18.4 Å². The van der Waals surface area contributed by atoms with Gasteiger partial charge in [-0.15, -0.1) is 0 Å². The van der Waals surface area contributed by atoms with Crippen LogP contribution in [0.3, 0.4) is 0 Å². The zero-order valence-electron chi connectivity index (χ0n) is 16.7. The number of carbonyl (C=O) groups is 1. The van der Waals surface area contributed by atoms with Gasteiger partial charge in [-0.25, -0.2) is 0 Å². The van der Waals surface area contributed by atoms with Crippen LogP contribution in [0.4, 0.5) is 0 Å². The Morgan fingerprint density at radius 1 is 0.966 bits per heavy atom. The van der Waals surface area contributed by atoms with Crippen LogP contribution in [0, 0.1) is 0 Å². The molecule has 0 radical (unpaired) electrons. The van der Waals surface area contributed by atoms with Crippen LogP contribution in [-0.2, 0) is 30.9 Å². The molecule has 0 bridgehead atoms. The molecule has 29 heavy (non-hydrogen) atoms. The van der Waals surface area contributed by atoms with E-state index in [9.17, 15) is 13.2 Å². The summed E-state index contributed by atoms with van der Waals surface area (Å²) in [4.78, 5) is 13.8. The van der Waals surface area contributed by atoms with Gasteiger partial charge in [-0.05, 0) is 42.0 Å². The zero-order chi connectivity index (χ0) is 21.3. The van der Waals surface area contributed by atoms with Crippen LogP contribution >= 0.6 is 0 Å². The minimum Gasteiger partial charge on any atom is -0.497 e. The number of ether oxygens (including phenoxy) is 3. The van der Waals surface area contributed by atoms with Gasteiger partial charge in [0.1, 0.15) is 23.0 Å². The predicted octanol–water partition coefficient (Wildman–Crippen LogP) is 2.08. The first-order chi connectivity index (χ1) is 13.9. The molecule has 0 aliphatic heterocycles. The lowest BCUT2D eigenvalue weighted by Gasteiger charge is -2.22. The zero-order valence-corrected chi connectivity index (χ0v) is 17.5. The highest BCUT2D eigenvalue weighted by atomic mass is 32.2. The standard InChI is InChI=1S/C20H25NO7S/c1-25-12-11-21(20(22)15-26-2)14-16-5-4-6-18(13-16)28-29(23,24)19-9-7-17(27-3)8-10-19/h4-10,13H,11-12,14-15H2,1-3H3. The fourth-order valence-electron chi connectivity index (χ4n) is 2.54. The second-order valence-corrected chi connectivity index (χ2v) is 7.65. The van der Waals surface area contributed by atoms with Crippen LogP contribution < -0.4 is 8.92 Å². The van der Waals surface area contributed by atoms with Crippen molar-refractivity contribution in [3.05, 3.63) is 54.1 Å². The molecule has 0 aliphatic rings. The summed E-state index contributed by atoms with van der Waals surface area (Å²) in [5.41, 5.74) is 0.716. The maximum absolute atomic E-state index is 12.5. The summed E-state index contributed by atoms with van der Waals surface area (Å²) in [6.07, 6.45) is 0. The van der Waals surface area contributed by atoms with E-state index in [1.54, 1.807) is 48.4 Å². The van der Waals surface area contributed by atoms with Crippen LogP contribution in [0.15, 0.2) is 53.4 Å². The molecule has 8 nitrogen and oxygen atoms in total. The maximum atomic E-state index is 12.5. The van der Waals surface area contributed by atoms with Crippen LogP contribution in [-0.4, -0.2) is 60.3 Å². The predicted molar refractivity (Wildman–Crippen MR) is 106 cm³/mol. The maximum Gasteiger partial charge on any atom is 0.339 e. The summed E-state index contributed by atoms with van der Waals surface area (Å²) >= 11 is 0. The fourth-order valence-corrected chi connectivity index (χ4v) is 3.46. The summed E-state index contributed by atoms with van der Waals surface area (Å²) in [6, 6.07) is 12.5. The number of amides is 1. The molecule has 0 fully saturated rings. The van der Waals surface area contributed by atoms with Crippen molar-refractivity contribution in [2.45, 2.75) is 11.4 Å². The van der Waals surface area contributed by atoms with E-state index in [0.29, 0.717) is 24.5 Å². The molecule has 0 atom stereocenters. The number of nitrogens with zero attached hydrogens (tertiary/aromatic N) is 1. The van der Waals surface area contributed by atoms with Crippen molar-refractivity contribution in [3.8, 4) is 11.5 Å². The van der Waals surface area contributed by atoms with E-state index in [1.165, 1.54) is 26.4 Å². The smallest absolute Gasteiger partial charge is 0.339 e. The Morgan fingerprint density at radius 3 is 2.31 bits per heavy atom. The number of carbonyl (C=O) groups excluding carboxylic acids is 1. The highest BCUT2D eigenvalue weighted by Gasteiger charge is 2.18. The Kier molecular flexibility index (Phi) is 8.44. The lowest BCUT2D eigenvalue weighted by atomic mass is 10.2. The van der Waals surface area contributed by atoms with Crippen LogP contribution in [0.1, 0.15) is 5.56 Å². The Labute approximate surface area is 171 Å². The molecule has 0 N–H and O–H groups in total. The second-order valence-electron chi connectivity index (χ2n) is 6.10. The van der Waals surface area contributed by atoms with Gasteiger partial charge in [-0.2, -0.15) is 8.42 Å². The van der Waals surface area contributed by atoms with Crippen molar-refractivity contribution < 1.29 is 31.6 Å². The highest BCUT2D eigenvalue weighted by Crippen LogP contribution is 2.22. The molecule has 0 aromatic heterocycles.